The maximum Gasteiger partial charge on any atom is 0.252 e. The molecule has 2 amide bonds. The van der Waals surface area contributed by atoms with Gasteiger partial charge in [-0.3, -0.25) is 9.59 Å². The second-order valence-electron chi connectivity index (χ2n) is 4.76. The second-order valence-corrected chi connectivity index (χ2v) is 7.46. The summed E-state index contributed by atoms with van der Waals surface area (Å²) in [4.78, 5) is 23.0. The van der Waals surface area contributed by atoms with Crippen LogP contribution in [-0.2, 0) is 21.4 Å². The molecule has 0 unspecified atom stereocenters. The summed E-state index contributed by atoms with van der Waals surface area (Å²) >= 11 is 0.894. The van der Waals surface area contributed by atoms with Crippen LogP contribution in [0.25, 0.3) is 0 Å². The van der Waals surface area contributed by atoms with Gasteiger partial charge in [0.2, 0.25) is 15.9 Å². The maximum absolute atomic E-state index is 12.0. The molecule has 0 atom stereocenters. The molecule has 0 fully saturated rings. The monoisotopic (exact) mass is 353 g/mol. The van der Waals surface area contributed by atoms with E-state index in [-0.39, 0.29) is 22.2 Å². The molecule has 0 aliphatic heterocycles. The molecular formula is C14H15N3O4S2. The minimum atomic E-state index is -3.80. The van der Waals surface area contributed by atoms with E-state index < -0.39 is 15.9 Å². The summed E-state index contributed by atoms with van der Waals surface area (Å²) in [5.74, 6) is -0.582. The third-order valence-electron chi connectivity index (χ3n) is 2.82. The highest BCUT2D eigenvalue weighted by molar-refractivity contribution is 7.91. The summed E-state index contributed by atoms with van der Waals surface area (Å²) in [6.07, 6.45) is 0. The predicted molar refractivity (Wildman–Crippen MR) is 87.6 cm³/mol. The molecule has 1 heterocycles. The van der Waals surface area contributed by atoms with Crippen LogP contribution in [0.4, 0.5) is 5.69 Å². The zero-order chi connectivity index (χ0) is 17.0. The van der Waals surface area contributed by atoms with Crippen molar-refractivity contribution in [3.05, 3.63) is 46.8 Å². The molecule has 0 saturated heterocycles. The van der Waals surface area contributed by atoms with Gasteiger partial charge in [-0.05, 0) is 23.8 Å². The van der Waals surface area contributed by atoms with Gasteiger partial charge >= 0.3 is 0 Å². The van der Waals surface area contributed by atoms with Gasteiger partial charge in [0.25, 0.3) is 5.91 Å². The third-order valence-corrected chi connectivity index (χ3v) is 5.20. The number of rotatable bonds is 5. The van der Waals surface area contributed by atoms with Crippen LogP contribution in [0.15, 0.2) is 39.9 Å². The van der Waals surface area contributed by atoms with Crippen LogP contribution in [0.2, 0.25) is 0 Å². The van der Waals surface area contributed by atoms with Crippen molar-refractivity contribution in [3.8, 4) is 0 Å². The fourth-order valence-electron chi connectivity index (χ4n) is 1.83. The van der Waals surface area contributed by atoms with E-state index in [1.165, 1.54) is 18.4 Å². The van der Waals surface area contributed by atoms with Gasteiger partial charge in [-0.2, -0.15) is 0 Å². The van der Waals surface area contributed by atoms with Crippen LogP contribution >= 0.6 is 11.3 Å². The lowest BCUT2D eigenvalue weighted by Crippen LogP contribution is -2.22. The van der Waals surface area contributed by atoms with Crippen molar-refractivity contribution in [2.75, 3.05) is 5.32 Å². The van der Waals surface area contributed by atoms with Gasteiger partial charge in [0, 0.05) is 24.5 Å². The van der Waals surface area contributed by atoms with E-state index in [1.807, 2.05) is 0 Å². The maximum atomic E-state index is 12.0. The Bertz CT molecular complexity index is 843. The number of amides is 2. The summed E-state index contributed by atoms with van der Waals surface area (Å²) in [6, 6.07) is 8.28. The van der Waals surface area contributed by atoms with Crippen molar-refractivity contribution in [2.45, 2.75) is 17.7 Å². The van der Waals surface area contributed by atoms with Crippen LogP contribution < -0.4 is 15.8 Å². The molecule has 0 spiro atoms. The number of sulfonamides is 1. The van der Waals surface area contributed by atoms with E-state index >= 15 is 0 Å². The lowest BCUT2D eigenvalue weighted by Gasteiger charge is -2.07. The Morgan fingerprint density at radius 2 is 2.00 bits per heavy atom. The molecular weight excluding hydrogens is 338 g/mol. The van der Waals surface area contributed by atoms with E-state index in [0.29, 0.717) is 5.69 Å². The molecule has 23 heavy (non-hydrogen) atoms. The fraction of sp³-hybridized carbons (Fsp3) is 0.143. The Labute approximate surface area is 137 Å². The van der Waals surface area contributed by atoms with Crippen LogP contribution in [-0.4, -0.2) is 20.2 Å². The summed E-state index contributed by atoms with van der Waals surface area (Å²) in [5, 5.41) is 11.8. The number of primary sulfonamides is 1. The number of carbonyl (C=O) groups is 2. The number of thiophene rings is 1. The van der Waals surface area contributed by atoms with Gasteiger partial charge in [0.15, 0.2) is 0 Å². The fourth-order valence-corrected chi connectivity index (χ4v) is 3.42. The van der Waals surface area contributed by atoms with Crippen LogP contribution in [0.5, 0.6) is 0 Å². The Balaban J connectivity index is 2.02. The van der Waals surface area contributed by atoms with Crippen molar-refractivity contribution >= 4 is 38.9 Å². The lowest BCUT2D eigenvalue weighted by molar-refractivity contribution is -0.114. The zero-order valence-corrected chi connectivity index (χ0v) is 13.8. The predicted octanol–water partition coefficient (Wildman–Crippen LogP) is 1.28. The number of hydrogen-bond acceptors (Lipinski definition) is 5. The van der Waals surface area contributed by atoms with E-state index in [2.05, 4.69) is 10.6 Å². The Hall–Kier alpha value is -2.23. The molecule has 0 saturated carbocycles. The van der Waals surface area contributed by atoms with E-state index in [4.69, 9.17) is 5.14 Å². The van der Waals surface area contributed by atoms with Crippen molar-refractivity contribution in [1.82, 2.24) is 5.32 Å². The highest BCUT2D eigenvalue weighted by Crippen LogP contribution is 2.19. The number of hydrogen-bond donors (Lipinski definition) is 3. The minimum Gasteiger partial charge on any atom is -0.348 e. The van der Waals surface area contributed by atoms with Crippen LogP contribution in [0.3, 0.4) is 0 Å². The van der Waals surface area contributed by atoms with Gasteiger partial charge in [-0.1, -0.05) is 12.1 Å². The summed E-state index contributed by atoms with van der Waals surface area (Å²) in [7, 11) is -3.80. The highest BCUT2D eigenvalue weighted by Gasteiger charge is 2.15. The molecule has 0 aliphatic carbocycles. The van der Waals surface area contributed by atoms with E-state index in [0.717, 1.165) is 16.9 Å². The van der Waals surface area contributed by atoms with Crippen molar-refractivity contribution < 1.29 is 18.0 Å². The first-order chi connectivity index (χ1) is 10.8. The van der Waals surface area contributed by atoms with Gasteiger partial charge in [0.1, 0.15) is 4.21 Å². The quantitative estimate of drug-likeness (QED) is 0.750. The van der Waals surface area contributed by atoms with Crippen LogP contribution in [0.1, 0.15) is 22.8 Å². The number of nitrogens with two attached hydrogens (primary N) is 1. The Kier molecular flexibility index (Phi) is 5.14. The summed E-state index contributed by atoms with van der Waals surface area (Å²) < 4.78 is 22.3. The molecule has 0 radical (unpaired) electrons. The average molecular weight is 353 g/mol. The summed E-state index contributed by atoms with van der Waals surface area (Å²) in [6.45, 7) is 1.65. The number of carbonyl (C=O) groups excluding carboxylic acids is 2. The van der Waals surface area contributed by atoms with Crippen LogP contribution in [0, 0.1) is 0 Å². The number of nitrogens with one attached hydrogen (secondary N) is 2. The molecule has 9 heteroatoms. The third kappa shape index (κ3) is 4.88. The molecule has 2 aromatic rings. The number of benzene rings is 1. The van der Waals surface area contributed by atoms with Gasteiger partial charge in [-0.15, -0.1) is 11.3 Å². The molecule has 4 N–H and O–H groups in total. The average Bonchev–Trinajstić information content (AvgIpc) is 2.94. The highest BCUT2D eigenvalue weighted by atomic mass is 32.2. The first-order valence-corrected chi connectivity index (χ1v) is 8.94. The SMILES string of the molecule is CC(=O)Nc1cccc(CNC(=O)c2csc(S(N)(=O)=O)c2)c1. The molecule has 2 rings (SSSR count). The van der Waals surface area contributed by atoms with Gasteiger partial charge in [-0.25, -0.2) is 13.6 Å². The normalized spacial score (nSPS) is 11.0. The van der Waals surface area contributed by atoms with Crippen molar-refractivity contribution in [1.29, 1.82) is 0 Å². The molecule has 7 nitrogen and oxygen atoms in total. The molecule has 0 aliphatic rings. The smallest absolute Gasteiger partial charge is 0.252 e. The Morgan fingerprint density at radius 3 is 2.61 bits per heavy atom. The minimum absolute atomic E-state index is 0.0599. The van der Waals surface area contributed by atoms with Crippen molar-refractivity contribution in [3.63, 3.8) is 0 Å². The second kappa shape index (κ2) is 6.90. The van der Waals surface area contributed by atoms with Gasteiger partial charge < -0.3 is 10.6 Å². The van der Waals surface area contributed by atoms with E-state index in [9.17, 15) is 18.0 Å². The van der Waals surface area contributed by atoms with Gasteiger partial charge in [0.05, 0.1) is 5.56 Å². The first kappa shape index (κ1) is 17.1. The van der Waals surface area contributed by atoms with Crippen molar-refractivity contribution in [2.24, 2.45) is 5.14 Å². The zero-order valence-electron chi connectivity index (χ0n) is 12.2. The Morgan fingerprint density at radius 1 is 1.26 bits per heavy atom. The molecule has 0 bridgehead atoms. The topological polar surface area (TPSA) is 118 Å². The standard InChI is InChI=1S/C14H15N3O4S2/c1-9(18)17-12-4-2-3-10(5-12)7-16-14(19)11-6-13(22-8-11)23(15,20)21/h2-6,8H,7H2,1H3,(H,16,19)(H,17,18)(H2,15,20,21). The molecule has 1 aromatic heterocycles. The lowest BCUT2D eigenvalue weighted by atomic mass is 10.2. The molecule has 1 aromatic carbocycles. The largest absolute Gasteiger partial charge is 0.348 e. The number of anilines is 1. The first-order valence-electron chi connectivity index (χ1n) is 6.52. The summed E-state index contributed by atoms with van der Waals surface area (Å²) in [5.41, 5.74) is 1.67. The van der Waals surface area contributed by atoms with E-state index in [1.54, 1.807) is 24.3 Å². The molecule has 122 valence electrons.